The van der Waals surface area contributed by atoms with Crippen LogP contribution in [0.5, 0.6) is 0 Å². The first kappa shape index (κ1) is 15.7. The van der Waals surface area contributed by atoms with Crippen molar-refractivity contribution in [3.8, 4) is 0 Å². The maximum Gasteiger partial charge on any atom is 0.326 e. The van der Waals surface area contributed by atoms with Gasteiger partial charge in [-0.15, -0.1) is 0 Å². The van der Waals surface area contributed by atoms with Crippen LogP contribution in [0.3, 0.4) is 0 Å². The van der Waals surface area contributed by atoms with E-state index in [1.54, 1.807) is 12.3 Å². The van der Waals surface area contributed by atoms with Gasteiger partial charge in [0.25, 0.3) is 11.8 Å². The highest BCUT2D eigenvalue weighted by atomic mass is 32.1. The third-order valence-electron chi connectivity index (χ3n) is 4.03. The Morgan fingerprint density at radius 3 is 2.83 bits per heavy atom. The molecule has 3 heterocycles. The predicted octanol–water partition coefficient (Wildman–Crippen LogP) is 0.785. The molecular weight excluding hydrogens is 320 g/mol. The van der Waals surface area contributed by atoms with Crippen molar-refractivity contribution in [2.75, 3.05) is 13.2 Å². The Kier molecular flexibility index (Phi) is 4.16. The predicted molar refractivity (Wildman–Crippen MR) is 80.6 cm³/mol. The lowest BCUT2D eigenvalue weighted by Crippen LogP contribution is -2.55. The van der Waals surface area contributed by atoms with Crippen LogP contribution in [0.1, 0.15) is 35.7 Å². The van der Waals surface area contributed by atoms with Crippen LogP contribution in [0.25, 0.3) is 0 Å². The van der Waals surface area contributed by atoms with Gasteiger partial charge in [0.05, 0.1) is 12.2 Å². The van der Waals surface area contributed by atoms with Crippen LogP contribution < -0.4 is 0 Å². The molecule has 0 bridgehead atoms. The van der Waals surface area contributed by atoms with Gasteiger partial charge in [0.15, 0.2) is 0 Å². The molecule has 1 saturated heterocycles. The fourth-order valence-electron chi connectivity index (χ4n) is 2.91. The van der Waals surface area contributed by atoms with Crippen molar-refractivity contribution in [2.45, 2.75) is 32.4 Å². The van der Waals surface area contributed by atoms with Crippen molar-refractivity contribution in [2.24, 2.45) is 0 Å². The second-order valence-corrected chi connectivity index (χ2v) is 6.16. The average Bonchev–Trinajstić information content (AvgIpc) is 3.08. The Labute approximate surface area is 136 Å². The summed E-state index contributed by atoms with van der Waals surface area (Å²) in [5.74, 6) is -1.72. The van der Waals surface area contributed by atoms with E-state index in [4.69, 9.17) is 4.74 Å². The molecule has 2 aliphatic heterocycles. The number of amides is 3. The standard InChI is InChI=1S/C15H16N2O5S/c1-2-22-13(19)6-17-12(18)4-3-11(15(17)21)16-5-9-7-23-8-10(9)14(16)20/h7-8,11H,2-6H2,1H3. The van der Waals surface area contributed by atoms with Crippen molar-refractivity contribution in [1.29, 1.82) is 0 Å². The minimum Gasteiger partial charge on any atom is -0.465 e. The van der Waals surface area contributed by atoms with Gasteiger partial charge in [-0.05, 0) is 24.3 Å². The van der Waals surface area contributed by atoms with Crippen LogP contribution in [-0.2, 0) is 25.7 Å². The number of likely N-dealkylation sites (tertiary alicyclic amines) is 1. The number of nitrogens with zero attached hydrogens (tertiary/aromatic N) is 2. The van der Waals surface area contributed by atoms with E-state index in [-0.39, 0.29) is 25.4 Å². The summed E-state index contributed by atoms with van der Waals surface area (Å²) in [5, 5.41) is 3.66. The van der Waals surface area contributed by atoms with Crippen LogP contribution in [0.15, 0.2) is 10.8 Å². The first-order chi connectivity index (χ1) is 11.0. The number of imide groups is 1. The van der Waals surface area contributed by atoms with Crippen molar-refractivity contribution in [1.82, 2.24) is 9.80 Å². The van der Waals surface area contributed by atoms with E-state index in [1.165, 1.54) is 16.2 Å². The first-order valence-corrected chi connectivity index (χ1v) is 8.33. The summed E-state index contributed by atoms with van der Waals surface area (Å²) < 4.78 is 4.80. The zero-order chi connectivity index (χ0) is 16.6. The molecule has 8 heteroatoms. The molecule has 3 amide bonds. The van der Waals surface area contributed by atoms with Gasteiger partial charge >= 0.3 is 5.97 Å². The van der Waals surface area contributed by atoms with Gasteiger partial charge in [0.2, 0.25) is 5.91 Å². The molecule has 0 saturated carbocycles. The van der Waals surface area contributed by atoms with E-state index >= 15 is 0 Å². The minimum atomic E-state index is -0.702. The fraction of sp³-hybridized carbons (Fsp3) is 0.467. The number of piperidine rings is 1. The van der Waals surface area contributed by atoms with Gasteiger partial charge in [0.1, 0.15) is 12.6 Å². The summed E-state index contributed by atoms with van der Waals surface area (Å²) in [6.45, 7) is 1.81. The lowest BCUT2D eigenvalue weighted by atomic mass is 10.0. The molecule has 0 aromatic carbocycles. The van der Waals surface area contributed by atoms with E-state index in [9.17, 15) is 19.2 Å². The summed E-state index contributed by atoms with van der Waals surface area (Å²) in [6.07, 6.45) is 0.420. The van der Waals surface area contributed by atoms with E-state index in [0.717, 1.165) is 10.5 Å². The van der Waals surface area contributed by atoms with Gasteiger partial charge < -0.3 is 9.64 Å². The number of hydrogen-bond acceptors (Lipinski definition) is 6. The van der Waals surface area contributed by atoms with Crippen molar-refractivity contribution in [3.05, 3.63) is 21.9 Å². The SMILES string of the molecule is CCOC(=O)CN1C(=O)CCC(N2Cc3cscc3C2=O)C1=O. The summed E-state index contributed by atoms with van der Waals surface area (Å²) in [7, 11) is 0. The highest BCUT2D eigenvalue weighted by Gasteiger charge is 2.43. The summed E-state index contributed by atoms with van der Waals surface area (Å²) >= 11 is 1.45. The van der Waals surface area contributed by atoms with Crippen molar-refractivity contribution >= 4 is 35.0 Å². The molecule has 0 radical (unpaired) electrons. The molecule has 1 fully saturated rings. The number of ether oxygens (including phenoxy) is 1. The van der Waals surface area contributed by atoms with Gasteiger partial charge in [-0.2, -0.15) is 11.3 Å². The van der Waals surface area contributed by atoms with Crippen LogP contribution in [-0.4, -0.2) is 52.7 Å². The number of fused-ring (bicyclic) bond motifs is 1. The average molecular weight is 336 g/mol. The van der Waals surface area contributed by atoms with Crippen LogP contribution in [0.4, 0.5) is 0 Å². The molecule has 23 heavy (non-hydrogen) atoms. The van der Waals surface area contributed by atoms with E-state index in [1.807, 2.05) is 5.38 Å². The number of hydrogen-bond donors (Lipinski definition) is 0. The normalized spacial score (nSPS) is 20.9. The molecule has 1 aromatic heterocycles. The quantitative estimate of drug-likeness (QED) is 0.599. The Balaban J connectivity index is 1.75. The van der Waals surface area contributed by atoms with Gasteiger partial charge in [-0.3, -0.25) is 24.1 Å². The molecule has 7 nitrogen and oxygen atoms in total. The lowest BCUT2D eigenvalue weighted by molar-refractivity contribution is -0.160. The molecule has 0 aliphatic carbocycles. The highest BCUT2D eigenvalue weighted by molar-refractivity contribution is 7.08. The largest absolute Gasteiger partial charge is 0.465 e. The smallest absolute Gasteiger partial charge is 0.326 e. The first-order valence-electron chi connectivity index (χ1n) is 7.38. The van der Waals surface area contributed by atoms with Gasteiger partial charge in [-0.1, -0.05) is 0 Å². The molecule has 1 atom stereocenters. The number of rotatable bonds is 4. The molecule has 0 N–H and O–H groups in total. The Morgan fingerprint density at radius 1 is 1.35 bits per heavy atom. The Morgan fingerprint density at radius 2 is 2.13 bits per heavy atom. The third kappa shape index (κ3) is 2.74. The zero-order valence-electron chi connectivity index (χ0n) is 12.6. The zero-order valence-corrected chi connectivity index (χ0v) is 13.4. The molecule has 2 aliphatic rings. The van der Waals surface area contributed by atoms with Crippen LogP contribution in [0, 0.1) is 0 Å². The summed E-state index contributed by atoms with van der Waals surface area (Å²) in [6, 6.07) is -0.702. The van der Waals surface area contributed by atoms with E-state index in [0.29, 0.717) is 12.1 Å². The van der Waals surface area contributed by atoms with Crippen LogP contribution in [0.2, 0.25) is 0 Å². The number of carbonyl (C=O) groups is 4. The summed E-state index contributed by atoms with van der Waals surface area (Å²) in [4.78, 5) is 50.9. The molecule has 3 rings (SSSR count). The van der Waals surface area contributed by atoms with Gasteiger partial charge in [-0.25, -0.2) is 0 Å². The Bertz CT molecular complexity index is 683. The lowest BCUT2D eigenvalue weighted by Gasteiger charge is -2.34. The maximum absolute atomic E-state index is 12.6. The highest BCUT2D eigenvalue weighted by Crippen LogP contribution is 2.30. The molecule has 0 spiro atoms. The molecule has 122 valence electrons. The fourth-order valence-corrected chi connectivity index (χ4v) is 3.73. The molecule has 1 unspecified atom stereocenters. The second-order valence-electron chi connectivity index (χ2n) is 5.42. The number of carbonyl (C=O) groups excluding carboxylic acids is 4. The third-order valence-corrected chi connectivity index (χ3v) is 4.82. The number of thiophene rings is 1. The Hall–Kier alpha value is -2.22. The van der Waals surface area contributed by atoms with Crippen LogP contribution >= 0.6 is 11.3 Å². The molecular formula is C15H16N2O5S. The van der Waals surface area contributed by atoms with Crippen molar-refractivity contribution in [3.63, 3.8) is 0 Å². The topological polar surface area (TPSA) is 84.0 Å². The van der Waals surface area contributed by atoms with E-state index < -0.39 is 30.4 Å². The second kappa shape index (κ2) is 6.11. The molecule has 1 aromatic rings. The minimum absolute atomic E-state index is 0.131. The summed E-state index contributed by atoms with van der Waals surface area (Å²) in [5.41, 5.74) is 1.53. The van der Waals surface area contributed by atoms with Crippen molar-refractivity contribution < 1.29 is 23.9 Å². The van der Waals surface area contributed by atoms with Gasteiger partial charge in [0, 0.05) is 18.3 Å². The van der Waals surface area contributed by atoms with E-state index in [2.05, 4.69) is 0 Å². The monoisotopic (exact) mass is 336 g/mol. The maximum atomic E-state index is 12.6. The number of esters is 1.